The zero-order valence-corrected chi connectivity index (χ0v) is 13.7. The highest BCUT2D eigenvalue weighted by Crippen LogP contribution is 2.32. The van der Waals surface area contributed by atoms with Crippen LogP contribution in [0, 0.1) is 0 Å². The lowest BCUT2D eigenvalue weighted by atomic mass is 10.0. The van der Waals surface area contributed by atoms with E-state index in [0.29, 0.717) is 11.1 Å². The van der Waals surface area contributed by atoms with Gasteiger partial charge in [-0.1, -0.05) is 0 Å². The lowest BCUT2D eigenvalue weighted by Crippen LogP contribution is -2.54. The molecule has 2 fully saturated rings. The summed E-state index contributed by atoms with van der Waals surface area (Å²) in [5.74, 6) is -1.96. The maximum Gasteiger partial charge on any atom is 0.262 e. The number of ether oxygens (including phenoxy) is 1. The number of imide groups is 2. The molecule has 1 N–H and O–H groups in total. The van der Waals surface area contributed by atoms with E-state index >= 15 is 0 Å². The van der Waals surface area contributed by atoms with E-state index in [1.165, 1.54) is 0 Å². The highest BCUT2D eigenvalue weighted by Gasteiger charge is 2.45. The van der Waals surface area contributed by atoms with Gasteiger partial charge in [0.05, 0.1) is 17.2 Å². The SMILES string of the molecule is COC1CN(c2ccc3c(c2)C(=O)N(C2CCC(=O)NC2=O)C3=O)C1. The number of hydrogen-bond donors (Lipinski definition) is 1. The summed E-state index contributed by atoms with van der Waals surface area (Å²) in [5, 5.41) is 2.19. The van der Waals surface area contributed by atoms with Gasteiger partial charge >= 0.3 is 0 Å². The summed E-state index contributed by atoms with van der Waals surface area (Å²) >= 11 is 0. The second-order valence-corrected chi connectivity index (χ2v) is 6.44. The van der Waals surface area contributed by atoms with E-state index in [0.717, 1.165) is 23.7 Å². The minimum absolute atomic E-state index is 0.112. The van der Waals surface area contributed by atoms with Crippen LogP contribution in [0.15, 0.2) is 18.2 Å². The van der Waals surface area contributed by atoms with Gasteiger partial charge < -0.3 is 9.64 Å². The van der Waals surface area contributed by atoms with Crippen molar-refractivity contribution in [2.75, 3.05) is 25.1 Å². The van der Waals surface area contributed by atoms with Crippen LogP contribution in [0.2, 0.25) is 0 Å². The van der Waals surface area contributed by atoms with Crippen LogP contribution in [0.3, 0.4) is 0 Å². The molecular formula is C17H17N3O5. The minimum atomic E-state index is -0.935. The highest BCUT2D eigenvalue weighted by atomic mass is 16.5. The van der Waals surface area contributed by atoms with E-state index in [9.17, 15) is 19.2 Å². The highest BCUT2D eigenvalue weighted by molar-refractivity contribution is 6.23. The fourth-order valence-corrected chi connectivity index (χ4v) is 3.45. The third-order valence-corrected chi connectivity index (χ3v) is 4.97. The van der Waals surface area contributed by atoms with Crippen LogP contribution in [0.1, 0.15) is 33.6 Å². The lowest BCUT2D eigenvalue weighted by Gasteiger charge is -2.40. The van der Waals surface area contributed by atoms with E-state index in [-0.39, 0.29) is 24.9 Å². The van der Waals surface area contributed by atoms with Crippen LogP contribution in [0.4, 0.5) is 5.69 Å². The lowest BCUT2D eigenvalue weighted by molar-refractivity contribution is -0.136. The number of anilines is 1. The number of carbonyl (C=O) groups is 4. The summed E-state index contributed by atoms with van der Waals surface area (Å²) in [7, 11) is 1.66. The van der Waals surface area contributed by atoms with Gasteiger partial charge in [-0.25, -0.2) is 0 Å². The van der Waals surface area contributed by atoms with Gasteiger partial charge in [-0.05, 0) is 24.6 Å². The molecule has 25 heavy (non-hydrogen) atoms. The zero-order valence-electron chi connectivity index (χ0n) is 13.7. The van der Waals surface area contributed by atoms with Crippen molar-refractivity contribution in [1.29, 1.82) is 0 Å². The number of nitrogens with one attached hydrogen (secondary N) is 1. The number of nitrogens with zero attached hydrogens (tertiary/aromatic N) is 2. The van der Waals surface area contributed by atoms with Crippen LogP contribution < -0.4 is 10.2 Å². The summed E-state index contributed by atoms with van der Waals surface area (Å²) in [6.07, 6.45) is 0.442. The Kier molecular flexibility index (Phi) is 3.57. The zero-order chi connectivity index (χ0) is 17.7. The number of carbonyl (C=O) groups excluding carboxylic acids is 4. The van der Waals surface area contributed by atoms with Crippen molar-refractivity contribution < 1.29 is 23.9 Å². The average molecular weight is 343 g/mol. The first-order valence-corrected chi connectivity index (χ1v) is 8.13. The predicted molar refractivity (Wildman–Crippen MR) is 86.1 cm³/mol. The number of amides is 4. The standard InChI is InChI=1S/C17H17N3O5/c1-25-10-7-19(8-10)9-2-3-11-12(6-9)17(24)20(16(11)23)13-4-5-14(21)18-15(13)22/h2-3,6,10,13H,4-5,7-8H2,1H3,(H,18,21,22). The number of fused-ring (bicyclic) bond motifs is 1. The summed E-state index contributed by atoms with van der Waals surface area (Å²) in [6.45, 7) is 1.46. The van der Waals surface area contributed by atoms with Gasteiger partial charge in [0.25, 0.3) is 11.8 Å². The molecule has 2 saturated heterocycles. The molecule has 1 aromatic carbocycles. The molecule has 0 saturated carbocycles. The van der Waals surface area contributed by atoms with Gasteiger partial charge in [-0.2, -0.15) is 0 Å². The molecule has 0 aliphatic carbocycles. The van der Waals surface area contributed by atoms with E-state index < -0.39 is 23.8 Å². The van der Waals surface area contributed by atoms with Crippen molar-refractivity contribution >= 4 is 29.3 Å². The Morgan fingerprint density at radius 2 is 1.80 bits per heavy atom. The van der Waals surface area contributed by atoms with Gasteiger partial charge in [0.1, 0.15) is 6.04 Å². The van der Waals surface area contributed by atoms with Crippen molar-refractivity contribution in [1.82, 2.24) is 10.2 Å². The number of rotatable bonds is 3. The second kappa shape index (κ2) is 5.66. The van der Waals surface area contributed by atoms with Crippen LogP contribution >= 0.6 is 0 Å². The van der Waals surface area contributed by atoms with Gasteiger partial charge in [0, 0.05) is 32.3 Å². The summed E-state index contributed by atoms with van der Waals surface area (Å²) in [6, 6.07) is 4.17. The van der Waals surface area contributed by atoms with Crippen molar-refractivity contribution in [2.45, 2.75) is 25.0 Å². The molecule has 8 nitrogen and oxygen atoms in total. The van der Waals surface area contributed by atoms with Gasteiger partial charge in [0.15, 0.2) is 0 Å². The Morgan fingerprint density at radius 3 is 2.48 bits per heavy atom. The summed E-state index contributed by atoms with van der Waals surface area (Å²) < 4.78 is 5.24. The fourth-order valence-electron chi connectivity index (χ4n) is 3.45. The third kappa shape index (κ3) is 2.41. The third-order valence-electron chi connectivity index (χ3n) is 4.97. The molecule has 8 heteroatoms. The molecule has 0 aromatic heterocycles. The van der Waals surface area contributed by atoms with Crippen molar-refractivity contribution in [3.05, 3.63) is 29.3 Å². The van der Waals surface area contributed by atoms with Crippen molar-refractivity contribution in [3.63, 3.8) is 0 Å². The van der Waals surface area contributed by atoms with Gasteiger partial charge in [-0.3, -0.25) is 29.4 Å². The Morgan fingerprint density at radius 1 is 1.08 bits per heavy atom. The van der Waals surface area contributed by atoms with Crippen LogP contribution in [0.25, 0.3) is 0 Å². The fraction of sp³-hybridized carbons (Fsp3) is 0.412. The van der Waals surface area contributed by atoms with Crippen LogP contribution in [-0.2, 0) is 14.3 Å². The number of hydrogen-bond acceptors (Lipinski definition) is 6. The minimum Gasteiger partial charge on any atom is -0.378 e. The maximum absolute atomic E-state index is 12.7. The average Bonchev–Trinajstić information content (AvgIpc) is 2.78. The molecule has 4 amide bonds. The van der Waals surface area contributed by atoms with Gasteiger partial charge in [-0.15, -0.1) is 0 Å². The van der Waals surface area contributed by atoms with E-state index in [1.807, 2.05) is 0 Å². The quantitative estimate of drug-likeness (QED) is 0.772. The first kappa shape index (κ1) is 15.8. The van der Waals surface area contributed by atoms with Gasteiger partial charge in [0.2, 0.25) is 11.8 Å². The molecule has 0 spiro atoms. The predicted octanol–water partition coefficient (Wildman–Crippen LogP) is -0.0772. The number of methoxy groups -OCH3 is 1. The smallest absolute Gasteiger partial charge is 0.262 e. The molecule has 1 aromatic rings. The van der Waals surface area contributed by atoms with Crippen LogP contribution in [0.5, 0.6) is 0 Å². The molecule has 3 aliphatic heterocycles. The normalized spacial score (nSPS) is 23.6. The van der Waals surface area contributed by atoms with E-state index in [2.05, 4.69) is 10.2 Å². The number of piperidine rings is 1. The Labute approximate surface area is 143 Å². The summed E-state index contributed by atoms with van der Waals surface area (Å²) in [5.41, 5.74) is 1.44. The van der Waals surface area contributed by atoms with Crippen molar-refractivity contribution in [2.24, 2.45) is 0 Å². The topological polar surface area (TPSA) is 96.0 Å². The monoisotopic (exact) mass is 343 g/mol. The second-order valence-electron chi connectivity index (χ2n) is 6.44. The molecule has 3 heterocycles. The van der Waals surface area contributed by atoms with E-state index in [1.54, 1.807) is 25.3 Å². The molecule has 1 unspecified atom stereocenters. The first-order valence-electron chi connectivity index (χ1n) is 8.13. The first-order chi connectivity index (χ1) is 12.0. The van der Waals surface area contributed by atoms with E-state index in [4.69, 9.17) is 4.74 Å². The molecule has 130 valence electrons. The Balaban J connectivity index is 1.59. The molecule has 3 aliphatic rings. The largest absolute Gasteiger partial charge is 0.378 e. The Hall–Kier alpha value is -2.74. The molecule has 0 bridgehead atoms. The maximum atomic E-state index is 12.7. The molecule has 1 atom stereocenters. The van der Waals surface area contributed by atoms with Crippen molar-refractivity contribution in [3.8, 4) is 0 Å². The number of benzene rings is 1. The summed E-state index contributed by atoms with van der Waals surface area (Å²) in [4.78, 5) is 51.7. The molecular weight excluding hydrogens is 326 g/mol. The Bertz CT molecular complexity index is 799. The molecule has 0 radical (unpaired) electrons. The molecule has 4 rings (SSSR count). The van der Waals surface area contributed by atoms with Crippen LogP contribution in [-0.4, -0.2) is 60.9 Å².